The van der Waals surface area contributed by atoms with E-state index in [0.29, 0.717) is 10.8 Å². The molecule has 112 valence electrons. The first-order valence-corrected chi connectivity index (χ1v) is 7.85. The smallest absolute Gasteiger partial charge is 0.237 e. The molecule has 3 aromatic rings. The number of imidazole rings is 1. The summed E-state index contributed by atoms with van der Waals surface area (Å²) in [5, 5.41) is 3.38. The number of nitrogens with zero attached hydrogens (tertiary/aromatic N) is 2. The van der Waals surface area contributed by atoms with Gasteiger partial charge in [-0.05, 0) is 37.6 Å². The molecular weight excluding hydrogens is 296 g/mol. The summed E-state index contributed by atoms with van der Waals surface area (Å²) in [6, 6.07) is 11.5. The number of aromatic nitrogens is 3. The molecule has 1 amide bonds. The Morgan fingerprint density at radius 2 is 2.09 bits per heavy atom. The molecule has 3 rings (SSSR count). The van der Waals surface area contributed by atoms with Gasteiger partial charge in [-0.3, -0.25) is 4.79 Å². The second-order valence-corrected chi connectivity index (χ2v) is 6.31. The van der Waals surface area contributed by atoms with Crippen LogP contribution in [0.3, 0.4) is 0 Å². The number of pyridine rings is 1. The highest BCUT2D eigenvalue weighted by atomic mass is 32.2. The number of nitrogens with one attached hydrogen (secondary N) is 2. The van der Waals surface area contributed by atoms with Crippen molar-refractivity contribution >= 4 is 34.5 Å². The Morgan fingerprint density at radius 3 is 2.86 bits per heavy atom. The lowest BCUT2D eigenvalue weighted by Gasteiger charge is -2.12. The SMILES string of the molecule is Cc1ccccc1NC(=O)C(C)Sc1nc2ncccc2[nH]1. The molecule has 0 aliphatic heterocycles. The number of rotatable bonds is 4. The third kappa shape index (κ3) is 3.12. The van der Waals surface area contributed by atoms with E-state index in [9.17, 15) is 4.79 Å². The van der Waals surface area contributed by atoms with Crippen LogP contribution in [0, 0.1) is 6.92 Å². The lowest BCUT2D eigenvalue weighted by Crippen LogP contribution is -2.22. The molecule has 0 saturated carbocycles. The average molecular weight is 312 g/mol. The van der Waals surface area contributed by atoms with E-state index in [4.69, 9.17) is 0 Å². The van der Waals surface area contributed by atoms with Crippen molar-refractivity contribution in [3.63, 3.8) is 0 Å². The zero-order valence-electron chi connectivity index (χ0n) is 12.3. The molecule has 6 heteroatoms. The molecule has 0 spiro atoms. The highest BCUT2D eigenvalue weighted by Gasteiger charge is 2.17. The van der Waals surface area contributed by atoms with Crippen molar-refractivity contribution in [2.75, 3.05) is 5.32 Å². The number of anilines is 1. The summed E-state index contributed by atoms with van der Waals surface area (Å²) < 4.78 is 0. The number of carbonyl (C=O) groups excluding carboxylic acids is 1. The van der Waals surface area contributed by atoms with E-state index in [1.165, 1.54) is 11.8 Å². The van der Waals surface area contributed by atoms with Gasteiger partial charge in [-0.25, -0.2) is 9.97 Å². The Hall–Kier alpha value is -2.34. The van der Waals surface area contributed by atoms with Crippen molar-refractivity contribution in [3.05, 3.63) is 48.2 Å². The zero-order chi connectivity index (χ0) is 15.5. The Morgan fingerprint density at radius 1 is 1.27 bits per heavy atom. The van der Waals surface area contributed by atoms with E-state index in [-0.39, 0.29) is 11.2 Å². The fourth-order valence-corrected chi connectivity index (χ4v) is 2.86. The molecule has 1 atom stereocenters. The zero-order valence-corrected chi connectivity index (χ0v) is 13.1. The average Bonchev–Trinajstić information content (AvgIpc) is 2.91. The molecule has 2 heterocycles. The summed E-state index contributed by atoms with van der Waals surface area (Å²) >= 11 is 1.38. The Kier molecular flexibility index (Phi) is 4.11. The van der Waals surface area contributed by atoms with Gasteiger partial charge in [0.2, 0.25) is 5.91 Å². The van der Waals surface area contributed by atoms with E-state index in [0.717, 1.165) is 16.8 Å². The number of para-hydroxylation sites is 1. The highest BCUT2D eigenvalue weighted by Crippen LogP contribution is 2.24. The minimum atomic E-state index is -0.264. The molecule has 2 aromatic heterocycles. The lowest BCUT2D eigenvalue weighted by molar-refractivity contribution is -0.115. The van der Waals surface area contributed by atoms with Crippen molar-refractivity contribution in [1.82, 2.24) is 15.0 Å². The van der Waals surface area contributed by atoms with Crippen LogP contribution in [-0.4, -0.2) is 26.1 Å². The van der Waals surface area contributed by atoms with E-state index in [2.05, 4.69) is 20.3 Å². The molecule has 0 aliphatic carbocycles. The van der Waals surface area contributed by atoms with E-state index in [1.54, 1.807) is 6.20 Å². The van der Waals surface area contributed by atoms with Crippen LogP contribution in [0.25, 0.3) is 11.2 Å². The summed E-state index contributed by atoms with van der Waals surface area (Å²) in [4.78, 5) is 24.0. The Balaban J connectivity index is 1.69. The van der Waals surface area contributed by atoms with Crippen molar-refractivity contribution in [2.45, 2.75) is 24.3 Å². The summed E-state index contributed by atoms with van der Waals surface area (Å²) in [6.07, 6.45) is 1.70. The first-order valence-electron chi connectivity index (χ1n) is 6.97. The summed E-state index contributed by atoms with van der Waals surface area (Å²) in [5.74, 6) is -0.0484. The third-order valence-corrected chi connectivity index (χ3v) is 4.28. The summed E-state index contributed by atoms with van der Waals surface area (Å²) in [5.41, 5.74) is 3.42. The maximum absolute atomic E-state index is 12.3. The van der Waals surface area contributed by atoms with Crippen LogP contribution in [-0.2, 0) is 4.79 Å². The first-order chi connectivity index (χ1) is 10.6. The Bertz CT molecular complexity index is 782. The predicted molar refractivity (Wildman–Crippen MR) is 89.0 cm³/mol. The number of aromatic amines is 1. The third-order valence-electron chi connectivity index (χ3n) is 3.30. The minimum absolute atomic E-state index is 0.0484. The van der Waals surface area contributed by atoms with Crippen LogP contribution in [0.2, 0.25) is 0 Å². The van der Waals surface area contributed by atoms with E-state index >= 15 is 0 Å². The van der Waals surface area contributed by atoms with Crippen molar-refractivity contribution in [3.8, 4) is 0 Å². The van der Waals surface area contributed by atoms with Crippen LogP contribution in [0.1, 0.15) is 12.5 Å². The van der Waals surface area contributed by atoms with Gasteiger partial charge in [-0.15, -0.1) is 0 Å². The molecule has 1 aromatic carbocycles. The van der Waals surface area contributed by atoms with Crippen LogP contribution in [0.4, 0.5) is 5.69 Å². The topological polar surface area (TPSA) is 70.7 Å². The number of H-pyrrole nitrogens is 1. The molecule has 2 N–H and O–H groups in total. The van der Waals surface area contributed by atoms with Gasteiger partial charge in [-0.1, -0.05) is 30.0 Å². The molecule has 0 fully saturated rings. The quantitative estimate of drug-likeness (QED) is 0.725. The number of aryl methyl sites for hydroxylation is 1. The monoisotopic (exact) mass is 312 g/mol. The van der Waals surface area contributed by atoms with Gasteiger partial charge in [0.05, 0.1) is 10.8 Å². The van der Waals surface area contributed by atoms with E-state index in [1.807, 2.05) is 50.2 Å². The fraction of sp³-hybridized carbons (Fsp3) is 0.188. The van der Waals surface area contributed by atoms with Crippen molar-refractivity contribution in [1.29, 1.82) is 0 Å². The molecule has 0 aliphatic rings. The maximum Gasteiger partial charge on any atom is 0.237 e. The number of benzene rings is 1. The number of thioether (sulfide) groups is 1. The molecule has 0 radical (unpaired) electrons. The fourth-order valence-electron chi connectivity index (χ4n) is 2.05. The van der Waals surface area contributed by atoms with Crippen LogP contribution in [0.15, 0.2) is 47.8 Å². The molecule has 0 bridgehead atoms. The van der Waals surface area contributed by atoms with E-state index < -0.39 is 0 Å². The molecule has 5 nitrogen and oxygen atoms in total. The van der Waals surface area contributed by atoms with Crippen LogP contribution >= 0.6 is 11.8 Å². The number of hydrogen-bond acceptors (Lipinski definition) is 4. The van der Waals surface area contributed by atoms with Gasteiger partial charge in [-0.2, -0.15) is 0 Å². The van der Waals surface area contributed by atoms with Crippen molar-refractivity contribution in [2.24, 2.45) is 0 Å². The second-order valence-electron chi connectivity index (χ2n) is 4.98. The molecule has 1 unspecified atom stereocenters. The molecule has 22 heavy (non-hydrogen) atoms. The molecular formula is C16H16N4OS. The van der Waals surface area contributed by atoms with Gasteiger partial charge in [0.25, 0.3) is 0 Å². The van der Waals surface area contributed by atoms with Crippen LogP contribution < -0.4 is 5.32 Å². The number of fused-ring (bicyclic) bond motifs is 1. The minimum Gasteiger partial charge on any atom is -0.332 e. The van der Waals surface area contributed by atoms with Gasteiger partial charge in [0.1, 0.15) is 0 Å². The second kappa shape index (κ2) is 6.19. The van der Waals surface area contributed by atoms with Gasteiger partial charge >= 0.3 is 0 Å². The highest BCUT2D eigenvalue weighted by molar-refractivity contribution is 8.00. The van der Waals surface area contributed by atoms with Crippen molar-refractivity contribution < 1.29 is 4.79 Å². The lowest BCUT2D eigenvalue weighted by atomic mass is 10.2. The largest absolute Gasteiger partial charge is 0.332 e. The van der Waals surface area contributed by atoms with Gasteiger partial charge < -0.3 is 10.3 Å². The molecule has 0 saturated heterocycles. The van der Waals surface area contributed by atoms with Gasteiger partial charge in [0, 0.05) is 11.9 Å². The summed E-state index contributed by atoms with van der Waals surface area (Å²) in [6.45, 7) is 3.83. The standard InChI is InChI=1S/C16H16N4OS/c1-10-6-3-4-7-12(10)18-15(21)11(2)22-16-19-13-8-5-9-17-14(13)20-16/h3-9,11H,1-2H3,(H,18,21)(H,17,19,20). The number of carbonyl (C=O) groups is 1. The predicted octanol–water partition coefficient (Wildman–Crippen LogP) is 3.39. The number of amides is 1. The summed E-state index contributed by atoms with van der Waals surface area (Å²) in [7, 11) is 0. The number of hydrogen-bond donors (Lipinski definition) is 2. The van der Waals surface area contributed by atoms with Crippen LogP contribution in [0.5, 0.6) is 0 Å². The Labute approximate surface area is 132 Å². The maximum atomic E-state index is 12.3. The normalized spacial score (nSPS) is 12.3. The first kappa shape index (κ1) is 14.6. The van der Waals surface area contributed by atoms with Gasteiger partial charge in [0.15, 0.2) is 10.8 Å².